The second-order valence-electron chi connectivity index (χ2n) is 12.6. The van der Waals surface area contributed by atoms with Gasteiger partial charge in [-0.05, 0) is 84.3 Å². The molecule has 0 saturated heterocycles. The Labute approximate surface area is 270 Å². The summed E-state index contributed by atoms with van der Waals surface area (Å²) in [5.74, 6) is 0. The van der Waals surface area contributed by atoms with Crippen LogP contribution in [0.4, 0.5) is 0 Å². The van der Waals surface area contributed by atoms with Crippen molar-refractivity contribution < 1.29 is 17.5 Å². The van der Waals surface area contributed by atoms with Crippen LogP contribution in [0.3, 0.4) is 0 Å². The predicted octanol–water partition coefficient (Wildman–Crippen LogP) is 12.3. The first-order valence-electron chi connectivity index (χ1n) is 18.5. The highest BCUT2D eigenvalue weighted by molar-refractivity contribution is 7.79. The Bertz CT molecular complexity index is 628. The van der Waals surface area contributed by atoms with Crippen molar-refractivity contribution in [3.63, 3.8) is 0 Å². The van der Waals surface area contributed by atoms with Crippen LogP contribution in [-0.4, -0.2) is 42.6 Å². The molecule has 0 rings (SSSR count). The number of rotatable bonds is 32. The Morgan fingerprint density at radius 2 is 0.628 bits per heavy atom. The van der Waals surface area contributed by atoms with Gasteiger partial charge in [0, 0.05) is 0 Å². The minimum absolute atomic E-state index is 1.30. The topological polar surface area (TPSA) is 77.8 Å². The summed E-state index contributed by atoms with van der Waals surface area (Å²) in [4.78, 5) is 2.57. The van der Waals surface area contributed by atoms with Crippen molar-refractivity contribution in [2.24, 2.45) is 0 Å². The van der Waals surface area contributed by atoms with Crippen LogP contribution in [0, 0.1) is 0 Å². The molecule has 258 valence electrons. The molecule has 0 aromatic carbocycles. The van der Waals surface area contributed by atoms with Gasteiger partial charge in [-0.15, -0.1) is 0 Å². The summed E-state index contributed by atoms with van der Waals surface area (Å²) >= 11 is 0. The molecule has 5 nitrogen and oxygen atoms in total. The molecule has 0 bridgehead atoms. The van der Waals surface area contributed by atoms with Gasteiger partial charge in [-0.2, -0.15) is 8.42 Å². The largest absolute Gasteiger partial charge is 0.394 e. The summed E-state index contributed by atoms with van der Waals surface area (Å²) in [6.07, 6.45) is 48.9. The standard InChI is InChI=1S/C37H73N.H2O4S/c1-4-6-8-10-12-14-16-18-20-22-24-26-28-30-32-34-36-38(3)37-35-33-31-29-27-25-23-21-19-17-15-13-11-9-7-5-2;1-5(2,3)4/h18-21H,4-17,22-37H2,1-3H3;(H2,1,2,3,4)/b20-18-,21-19-;. The Kier molecular flexibility index (Phi) is 38.7. The van der Waals surface area contributed by atoms with Crippen molar-refractivity contribution in [1.29, 1.82) is 0 Å². The van der Waals surface area contributed by atoms with Crippen molar-refractivity contribution in [1.82, 2.24) is 4.90 Å². The minimum Gasteiger partial charge on any atom is -0.306 e. The lowest BCUT2D eigenvalue weighted by Gasteiger charge is -2.16. The molecular formula is C37H75NO4S. The van der Waals surface area contributed by atoms with E-state index >= 15 is 0 Å². The second kappa shape index (κ2) is 37.5. The SMILES string of the molecule is CCCCCCCC/C=C\CCCCCCCCN(C)CCCCCCCC/C=C\CCCCCCCC.O=S(=O)(O)O. The number of nitrogens with zero attached hydrogens (tertiary/aromatic N) is 1. The molecule has 0 fully saturated rings. The fourth-order valence-corrected chi connectivity index (χ4v) is 5.37. The third-order valence-electron chi connectivity index (χ3n) is 8.10. The highest BCUT2D eigenvalue weighted by Gasteiger charge is 1.99. The van der Waals surface area contributed by atoms with Gasteiger partial charge in [0.05, 0.1) is 0 Å². The van der Waals surface area contributed by atoms with Gasteiger partial charge in [-0.25, -0.2) is 0 Å². The Morgan fingerprint density at radius 1 is 0.419 bits per heavy atom. The van der Waals surface area contributed by atoms with Gasteiger partial charge < -0.3 is 4.90 Å². The summed E-state index contributed by atoms with van der Waals surface area (Å²) < 4.78 is 31.6. The molecule has 0 aliphatic carbocycles. The zero-order chi connectivity index (χ0) is 32.1. The molecule has 6 heteroatoms. The summed E-state index contributed by atoms with van der Waals surface area (Å²) in [6.45, 7) is 7.19. The van der Waals surface area contributed by atoms with E-state index in [-0.39, 0.29) is 0 Å². The molecule has 2 N–H and O–H groups in total. The van der Waals surface area contributed by atoms with E-state index < -0.39 is 10.4 Å². The van der Waals surface area contributed by atoms with Gasteiger partial charge in [-0.1, -0.05) is 154 Å². The average molecular weight is 630 g/mol. The number of allylic oxidation sites excluding steroid dienone is 4. The first-order valence-corrected chi connectivity index (χ1v) is 19.9. The van der Waals surface area contributed by atoms with E-state index in [1.165, 1.54) is 193 Å². The molecule has 0 heterocycles. The third kappa shape index (κ3) is 51.2. The maximum atomic E-state index is 8.74. The van der Waals surface area contributed by atoms with Crippen LogP contribution in [0.1, 0.15) is 194 Å². The lowest BCUT2D eigenvalue weighted by molar-refractivity contribution is 0.314. The van der Waals surface area contributed by atoms with Crippen molar-refractivity contribution in [2.45, 2.75) is 194 Å². The average Bonchev–Trinajstić information content (AvgIpc) is 2.96. The molecule has 0 unspecified atom stereocenters. The van der Waals surface area contributed by atoms with Crippen molar-refractivity contribution in [3.8, 4) is 0 Å². The fourth-order valence-electron chi connectivity index (χ4n) is 5.37. The molecule has 0 atom stereocenters. The number of unbranched alkanes of at least 4 members (excludes halogenated alkanes) is 24. The van der Waals surface area contributed by atoms with Gasteiger partial charge >= 0.3 is 10.4 Å². The van der Waals surface area contributed by atoms with Gasteiger partial charge in [-0.3, -0.25) is 9.11 Å². The van der Waals surface area contributed by atoms with Crippen LogP contribution in [-0.2, 0) is 10.4 Å². The molecule has 0 aromatic heterocycles. The zero-order valence-electron chi connectivity index (χ0n) is 29.1. The monoisotopic (exact) mass is 630 g/mol. The lowest BCUT2D eigenvalue weighted by atomic mass is 10.1. The van der Waals surface area contributed by atoms with Crippen LogP contribution in [0.2, 0.25) is 0 Å². The number of hydrogen-bond donors (Lipinski definition) is 2. The van der Waals surface area contributed by atoms with E-state index in [0.717, 1.165) is 0 Å². The van der Waals surface area contributed by atoms with Gasteiger partial charge in [0.25, 0.3) is 0 Å². The van der Waals surface area contributed by atoms with Crippen molar-refractivity contribution in [3.05, 3.63) is 24.3 Å². The van der Waals surface area contributed by atoms with Gasteiger partial charge in [0.2, 0.25) is 0 Å². The van der Waals surface area contributed by atoms with Crippen LogP contribution in [0.15, 0.2) is 24.3 Å². The maximum absolute atomic E-state index is 8.74. The van der Waals surface area contributed by atoms with Crippen LogP contribution in [0.25, 0.3) is 0 Å². The molecule has 0 radical (unpaired) electrons. The molecule has 0 saturated carbocycles. The first-order chi connectivity index (χ1) is 20.8. The molecule has 0 aliphatic heterocycles. The molecule has 43 heavy (non-hydrogen) atoms. The van der Waals surface area contributed by atoms with E-state index in [9.17, 15) is 0 Å². The summed E-state index contributed by atoms with van der Waals surface area (Å²) in [7, 11) is -2.34. The smallest absolute Gasteiger partial charge is 0.306 e. The van der Waals surface area contributed by atoms with Crippen molar-refractivity contribution >= 4 is 10.4 Å². The Morgan fingerprint density at radius 3 is 0.884 bits per heavy atom. The predicted molar refractivity (Wildman–Crippen MR) is 191 cm³/mol. The first kappa shape index (κ1) is 44.4. The molecule has 0 amide bonds. The summed E-state index contributed by atoms with van der Waals surface area (Å²) in [5, 5.41) is 0. The third-order valence-corrected chi connectivity index (χ3v) is 8.10. The molecule has 0 aromatic rings. The quantitative estimate of drug-likeness (QED) is 0.0440. The van der Waals surface area contributed by atoms with Crippen LogP contribution >= 0.6 is 0 Å². The van der Waals surface area contributed by atoms with Gasteiger partial charge in [0.1, 0.15) is 0 Å². The van der Waals surface area contributed by atoms with E-state index in [0.29, 0.717) is 0 Å². The van der Waals surface area contributed by atoms with Crippen molar-refractivity contribution in [2.75, 3.05) is 20.1 Å². The molecule has 0 aliphatic rings. The fraction of sp³-hybridized carbons (Fsp3) is 0.892. The van der Waals surface area contributed by atoms with E-state index in [4.69, 9.17) is 17.5 Å². The van der Waals surface area contributed by atoms with E-state index in [2.05, 4.69) is 50.1 Å². The lowest BCUT2D eigenvalue weighted by Crippen LogP contribution is -2.20. The molecular weight excluding hydrogens is 554 g/mol. The zero-order valence-corrected chi connectivity index (χ0v) is 29.9. The van der Waals surface area contributed by atoms with E-state index in [1.54, 1.807) is 0 Å². The van der Waals surface area contributed by atoms with Crippen LogP contribution < -0.4 is 0 Å². The minimum atomic E-state index is -4.67. The maximum Gasteiger partial charge on any atom is 0.394 e. The Balaban J connectivity index is 0. The van der Waals surface area contributed by atoms with Gasteiger partial charge in [0.15, 0.2) is 0 Å². The summed E-state index contributed by atoms with van der Waals surface area (Å²) in [5.41, 5.74) is 0. The summed E-state index contributed by atoms with van der Waals surface area (Å²) in [6, 6.07) is 0. The number of hydrogen-bond acceptors (Lipinski definition) is 3. The van der Waals surface area contributed by atoms with E-state index in [1.807, 2.05) is 0 Å². The Hall–Kier alpha value is -0.690. The second-order valence-corrected chi connectivity index (χ2v) is 13.5. The molecule has 0 spiro atoms. The highest BCUT2D eigenvalue weighted by Crippen LogP contribution is 2.12. The normalized spacial score (nSPS) is 12.0. The van der Waals surface area contributed by atoms with Crippen LogP contribution in [0.5, 0.6) is 0 Å². The highest BCUT2D eigenvalue weighted by atomic mass is 32.3.